The van der Waals surface area contributed by atoms with Crippen LogP contribution in [0.5, 0.6) is 11.5 Å². The zero-order chi connectivity index (χ0) is 17.0. The van der Waals surface area contributed by atoms with Crippen molar-refractivity contribution in [3.63, 3.8) is 0 Å². The van der Waals surface area contributed by atoms with Gasteiger partial charge >= 0.3 is 0 Å². The van der Waals surface area contributed by atoms with Gasteiger partial charge < -0.3 is 19.4 Å². The van der Waals surface area contributed by atoms with E-state index in [0.717, 1.165) is 49.7 Å². The number of nitrogens with one attached hydrogen (secondary N) is 2. The fourth-order valence-corrected chi connectivity index (χ4v) is 3.81. The zero-order valence-corrected chi connectivity index (χ0v) is 14.1. The van der Waals surface area contributed by atoms with Gasteiger partial charge in [-0.1, -0.05) is 24.3 Å². The molecule has 0 unspecified atom stereocenters. The summed E-state index contributed by atoms with van der Waals surface area (Å²) in [6.45, 7) is 2.64. The summed E-state index contributed by atoms with van der Waals surface area (Å²) in [6, 6.07) is 16.7. The van der Waals surface area contributed by atoms with E-state index in [9.17, 15) is 0 Å². The Morgan fingerprint density at radius 2 is 1.60 bits per heavy atom. The molecule has 25 heavy (non-hydrogen) atoms. The molecule has 0 saturated carbocycles. The van der Waals surface area contributed by atoms with Gasteiger partial charge in [-0.3, -0.25) is 0 Å². The highest BCUT2D eigenvalue weighted by atomic mass is 16.5. The van der Waals surface area contributed by atoms with Crippen LogP contribution in [0.25, 0.3) is 43.6 Å². The maximum absolute atomic E-state index is 5.87. The molecule has 0 spiro atoms. The molecule has 0 saturated heterocycles. The topological polar surface area (TPSA) is 50.0 Å². The highest BCUT2D eigenvalue weighted by Crippen LogP contribution is 2.42. The van der Waals surface area contributed by atoms with Gasteiger partial charge in [0.2, 0.25) is 0 Å². The Morgan fingerprint density at radius 1 is 0.840 bits per heavy atom. The number of ether oxygens (including phenoxy) is 2. The number of fused-ring (bicyclic) bond motifs is 6. The van der Waals surface area contributed by atoms with Crippen LogP contribution in [0.1, 0.15) is 6.92 Å². The zero-order valence-electron chi connectivity index (χ0n) is 14.1. The Labute approximate surface area is 144 Å². The molecule has 0 fully saturated rings. The van der Waals surface area contributed by atoms with Crippen LogP contribution in [0.2, 0.25) is 0 Å². The molecule has 5 rings (SSSR count). The molecule has 0 atom stereocenters. The van der Waals surface area contributed by atoms with Crippen LogP contribution >= 0.6 is 0 Å². The van der Waals surface area contributed by atoms with Gasteiger partial charge in [-0.05, 0) is 31.2 Å². The van der Waals surface area contributed by atoms with Crippen molar-refractivity contribution in [2.75, 3.05) is 13.7 Å². The third-order valence-electron chi connectivity index (χ3n) is 4.82. The fourth-order valence-electron chi connectivity index (χ4n) is 3.81. The summed E-state index contributed by atoms with van der Waals surface area (Å²) >= 11 is 0. The van der Waals surface area contributed by atoms with E-state index in [1.807, 2.05) is 25.1 Å². The van der Waals surface area contributed by atoms with Crippen molar-refractivity contribution in [2.45, 2.75) is 6.92 Å². The third-order valence-corrected chi connectivity index (χ3v) is 4.82. The summed E-state index contributed by atoms with van der Waals surface area (Å²) in [6.07, 6.45) is 0. The molecule has 0 amide bonds. The summed E-state index contributed by atoms with van der Waals surface area (Å²) in [5.74, 6) is 1.73. The number of hydrogen-bond donors (Lipinski definition) is 2. The number of hydrogen-bond acceptors (Lipinski definition) is 2. The number of rotatable bonds is 3. The van der Waals surface area contributed by atoms with E-state index >= 15 is 0 Å². The lowest BCUT2D eigenvalue weighted by Crippen LogP contribution is -1.91. The third kappa shape index (κ3) is 1.88. The van der Waals surface area contributed by atoms with Gasteiger partial charge in [0, 0.05) is 27.1 Å². The molecule has 0 radical (unpaired) electrons. The van der Waals surface area contributed by atoms with Gasteiger partial charge in [0.25, 0.3) is 0 Å². The Bertz CT molecular complexity index is 1250. The fraction of sp³-hybridized carbons (Fsp3) is 0.143. The summed E-state index contributed by atoms with van der Waals surface area (Å²) in [5, 5.41) is 4.58. The molecule has 4 nitrogen and oxygen atoms in total. The van der Waals surface area contributed by atoms with E-state index in [1.165, 1.54) is 5.39 Å². The van der Waals surface area contributed by atoms with Gasteiger partial charge in [-0.15, -0.1) is 0 Å². The van der Waals surface area contributed by atoms with Gasteiger partial charge in [0.1, 0.15) is 5.75 Å². The van der Waals surface area contributed by atoms with Crippen molar-refractivity contribution in [1.29, 1.82) is 0 Å². The molecular weight excluding hydrogens is 312 g/mol. The predicted molar refractivity (Wildman–Crippen MR) is 103 cm³/mol. The standard InChI is InChI=1S/C21H18N2O2/c1-3-25-17-10-6-9-16-18(17)14-11-13-12-7-4-5-8-15(12)22-19(13)21(24-2)20(14)23-16/h4-11,22-23H,3H2,1-2H3. The number of methoxy groups -OCH3 is 1. The minimum atomic E-state index is 0.637. The molecule has 0 aliphatic rings. The molecule has 3 aromatic carbocycles. The van der Waals surface area contributed by atoms with Gasteiger partial charge in [-0.25, -0.2) is 0 Å². The molecular formula is C21H18N2O2. The highest BCUT2D eigenvalue weighted by Gasteiger charge is 2.18. The summed E-state index contributed by atoms with van der Waals surface area (Å²) in [5.41, 5.74) is 4.17. The second kappa shape index (κ2) is 5.18. The van der Waals surface area contributed by atoms with Crippen molar-refractivity contribution in [2.24, 2.45) is 0 Å². The van der Waals surface area contributed by atoms with Gasteiger partial charge in [0.05, 0.1) is 30.3 Å². The molecule has 2 aromatic heterocycles. The second-order valence-electron chi connectivity index (χ2n) is 6.16. The van der Waals surface area contributed by atoms with Gasteiger partial charge in [0.15, 0.2) is 5.75 Å². The largest absolute Gasteiger partial charge is 0.493 e. The summed E-state index contributed by atoms with van der Waals surface area (Å²) < 4.78 is 11.7. The molecule has 0 aliphatic heterocycles. The quantitative estimate of drug-likeness (QED) is 0.468. The second-order valence-corrected chi connectivity index (χ2v) is 6.16. The Morgan fingerprint density at radius 3 is 2.44 bits per heavy atom. The van der Waals surface area contributed by atoms with Crippen LogP contribution in [0.3, 0.4) is 0 Å². The number of aromatic amines is 2. The highest BCUT2D eigenvalue weighted by molar-refractivity contribution is 6.21. The van der Waals surface area contributed by atoms with E-state index in [2.05, 4.69) is 40.3 Å². The van der Waals surface area contributed by atoms with Crippen LogP contribution in [0.15, 0.2) is 48.5 Å². The molecule has 124 valence electrons. The van der Waals surface area contributed by atoms with Crippen molar-refractivity contribution in [3.05, 3.63) is 48.5 Å². The first-order chi connectivity index (χ1) is 12.3. The molecule has 5 aromatic rings. The van der Waals surface area contributed by atoms with E-state index in [0.29, 0.717) is 6.61 Å². The maximum atomic E-state index is 5.87. The van der Waals surface area contributed by atoms with Crippen LogP contribution in [-0.2, 0) is 0 Å². The van der Waals surface area contributed by atoms with E-state index < -0.39 is 0 Å². The van der Waals surface area contributed by atoms with Crippen LogP contribution in [0.4, 0.5) is 0 Å². The Balaban J connectivity index is 2.02. The normalized spacial score (nSPS) is 11.8. The SMILES string of the molecule is CCOc1cccc2[nH]c3c(OC)c4[nH]c5ccccc5c4cc3c12. The van der Waals surface area contributed by atoms with Crippen molar-refractivity contribution in [3.8, 4) is 11.5 Å². The van der Waals surface area contributed by atoms with Crippen molar-refractivity contribution < 1.29 is 9.47 Å². The lowest BCUT2D eigenvalue weighted by atomic mass is 10.1. The minimum Gasteiger partial charge on any atom is -0.493 e. The average Bonchev–Trinajstić information content (AvgIpc) is 3.18. The van der Waals surface area contributed by atoms with E-state index in [4.69, 9.17) is 9.47 Å². The smallest absolute Gasteiger partial charge is 0.166 e. The van der Waals surface area contributed by atoms with E-state index in [-0.39, 0.29) is 0 Å². The number of para-hydroxylation sites is 1. The first kappa shape index (κ1) is 14.2. The summed E-state index contributed by atoms with van der Waals surface area (Å²) in [4.78, 5) is 7.01. The molecule has 2 N–H and O–H groups in total. The van der Waals surface area contributed by atoms with Gasteiger partial charge in [-0.2, -0.15) is 0 Å². The Hall–Kier alpha value is -3.14. The molecule has 0 aliphatic carbocycles. The predicted octanol–water partition coefficient (Wildman–Crippen LogP) is 5.36. The number of H-pyrrole nitrogens is 2. The van der Waals surface area contributed by atoms with Crippen LogP contribution < -0.4 is 9.47 Å². The molecule has 4 heteroatoms. The monoisotopic (exact) mass is 330 g/mol. The first-order valence-corrected chi connectivity index (χ1v) is 8.46. The maximum Gasteiger partial charge on any atom is 0.166 e. The number of aromatic nitrogens is 2. The Kier molecular flexibility index (Phi) is 2.95. The molecule has 0 bridgehead atoms. The average molecular weight is 330 g/mol. The van der Waals surface area contributed by atoms with E-state index in [1.54, 1.807) is 7.11 Å². The molecule has 2 heterocycles. The number of benzene rings is 3. The van der Waals surface area contributed by atoms with Crippen molar-refractivity contribution >= 4 is 43.6 Å². The van der Waals surface area contributed by atoms with Crippen LogP contribution in [-0.4, -0.2) is 23.7 Å². The minimum absolute atomic E-state index is 0.637. The summed E-state index contributed by atoms with van der Waals surface area (Å²) in [7, 11) is 1.72. The van der Waals surface area contributed by atoms with Crippen molar-refractivity contribution in [1.82, 2.24) is 9.97 Å². The lowest BCUT2D eigenvalue weighted by molar-refractivity contribution is 0.344. The lowest BCUT2D eigenvalue weighted by Gasteiger charge is -2.06. The first-order valence-electron chi connectivity index (χ1n) is 8.46. The van der Waals surface area contributed by atoms with Crippen LogP contribution in [0, 0.1) is 0 Å².